The molecule has 0 spiro atoms. The monoisotopic (exact) mass is 608 g/mol. The van der Waals surface area contributed by atoms with Crippen LogP contribution in [0.5, 0.6) is 0 Å². The molecule has 1 aliphatic rings. The highest BCUT2D eigenvalue weighted by Gasteiger charge is 2.48. The van der Waals surface area contributed by atoms with Crippen LogP contribution in [0, 0.1) is 5.82 Å². The van der Waals surface area contributed by atoms with E-state index in [2.05, 4.69) is 15.0 Å². The summed E-state index contributed by atoms with van der Waals surface area (Å²) < 4.78 is 94.8. The Bertz CT molecular complexity index is 1510. The number of carbonyl (C=O) groups is 1. The Morgan fingerprint density at radius 2 is 1.74 bits per heavy atom. The first-order chi connectivity index (χ1) is 18.2. The third kappa shape index (κ3) is 6.06. The SMILES string of the molecule is C[C@@H]1[C@@H](F)C[C@H](C(=O)CCc2cc(-c3cnc(C(F)(F)F)nc3)ncc2F)N1S(=O)(=O)c1ccc(Cl)c(Cl)c1. The molecule has 0 amide bonds. The van der Waals surface area contributed by atoms with Gasteiger partial charge in [0, 0.05) is 30.8 Å². The van der Waals surface area contributed by atoms with Gasteiger partial charge < -0.3 is 0 Å². The van der Waals surface area contributed by atoms with E-state index in [0.29, 0.717) is 0 Å². The molecule has 7 nitrogen and oxygen atoms in total. The molecule has 3 heterocycles. The highest BCUT2D eigenvalue weighted by Crippen LogP contribution is 2.36. The standard InChI is InChI=1S/C24H19Cl2F5N4O3S/c1-12-18(27)8-21(35(12)39(37,38)15-3-4-16(25)17(26)7-15)22(36)5-2-13-6-20(32-11-19(13)28)14-9-33-23(34-10-14)24(29,30)31/h3-4,6-7,9-12,18,21H,2,5,8H2,1H3/t12-,18+,21-/m1/s1. The molecule has 1 fully saturated rings. The molecule has 1 aromatic carbocycles. The molecule has 0 saturated carbocycles. The Kier molecular flexibility index (Phi) is 8.27. The minimum atomic E-state index is -4.74. The van der Waals surface area contributed by atoms with E-state index in [4.69, 9.17) is 23.2 Å². The molecule has 1 aliphatic heterocycles. The number of nitrogens with zero attached hydrogens (tertiary/aromatic N) is 4. The van der Waals surface area contributed by atoms with Gasteiger partial charge in [0.25, 0.3) is 0 Å². The first-order valence-corrected chi connectivity index (χ1v) is 13.6. The summed E-state index contributed by atoms with van der Waals surface area (Å²) >= 11 is 11.8. The number of hydrogen-bond acceptors (Lipinski definition) is 6. The van der Waals surface area contributed by atoms with E-state index in [1.165, 1.54) is 25.1 Å². The highest BCUT2D eigenvalue weighted by atomic mass is 35.5. The largest absolute Gasteiger partial charge is 0.451 e. The molecular formula is C24H19Cl2F5N4O3S. The summed E-state index contributed by atoms with van der Waals surface area (Å²) in [5, 5.41) is 0.0781. The summed E-state index contributed by atoms with van der Waals surface area (Å²) in [7, 11) is -4.35. The maximum atomic E-state index is 14.7. The number of pyridine rings is 1. The Morgan fingerprint density at radius 3 is 2.36 bits per heavy atom. The van der Waals surface area contributed by atoms with Crippen LogP contribution in [0.3, 0.4) is 0 Å². The third-order valence-corrected chi connectivity index (χ3v) is 9.03. The topological polar surface area (TPSA) is 93.1 Å². The summed E-state index contributed by atoms with van der Waals surface area (Å²) in [6.45, 7) is 1.34. The van der Waals surface area contributed by atoms with Gasteiger partial charge >= 0.3 is 6.18 Å². The Hall–Kier alpha value is -2.74. The van der Waals surface area contributed by atoms with Gasteiger partial charge in [-0.05, 0) is 43.2 Å². The maximum Gasteiger partial charge on any atom is 0.451 e. The number of halogens is 7. The van der Waals surface area contributed by atoms with E-state index >= 15 is 0 Å². The van der Waals surface area contributed by atoms with Crippen molar-refractivity contribution in [1.29, 1.82) is 0 Å². The zero-order valence-electron chi connectivity index (χ0n) is 20.0. The Morgan fingerprint density at radius 1 is 1.08 bits per heavy atom. The zero-order chi connectivity index (χ0) is 28.7. The molecule has 1 saturated heterocycles. The van der Waals surface area contributed by atoms with Crippen LogP contribution in [0.1, 0.15) is 31.2 Å². The number of carbonyl (C=O) groups excluding carboxylic acids is 1. The molecule has 0 aliphatic carbocycles. The van der Waals surface area contributed by atoms with Crippen LogP contribution in [-0.2, 0) is 27.4 Å². The summed E-state index contributed by atoms with van der Waals surface area (Å²) in [6, 6.07) is 2.31. The predicted octanol–water partition coefficient (Wildman–Crippen LogP) is 5.69. The quantitative estimate of drug-likeness (QED) is 0.320. The van der Waals surface area contributed by atoms with E-state index in [9.17, 15) is 35.2 Å². The second-order valence-corrected chi connectivity index (χ2v) is 11.5. The molecule has 15 heteroatoms. The van der Waals surface area contributed by atoms with E-state index in [-0.39, 0.29) is 51.0 Å². The van der Waals surface area contributed by atoms with E-state index in [1.807, 2.05) is 0 Å². The number of sulfonamides is 1. The summed E-state index contributed by atoms with van der Waals surface area (Å²) in [4.78, 5) is 23.2. The number of aromatic nitrogens is 3. The number of rotatable bonds is 7. The lowest BCUT2D eigenvalue weighted by Crippen LogP contribution is -2.44. The molecule has 0 radical (unpaired) electrons. The van der Waals surface area contributed by atoms with Crippen LogP contribution >= 0.6 is 23.2 Å². The van der Waals surface area contributed by atoms with Crippen molar-refractivity contribution < 1.29 is 35.2 Å². The molecule has 0 unspecified atom stereocenters. The first-order valence-electron chi connectivity index (χ1n) is 11.4. The van der Waals surface area contributed by atoms with E-state index in [0.717, 1.165) is 29.0 Å². The van der Waals surface area contributed by atoms with Gasteiger partial charge in [-0.1, -0.05) is 23.2 Å². The van der Waals surface area contributed by atoms with Crippen LogP contribution < -0.4 is 0 Å². The fourth-order valence-corrected chi connectivity index (χ4v) is 6.46. The highest BCUT2D eigenvalue weighted by molar-refractivity contribution is 7.89. The van der Waals surface area contributed by atoms with Crippen LogP contribution in [-0.4, -0.2) is 51.7 Å². The average molecular weight is 609 g/mol. The van der Waals surface area contributed by atoms with Crippen molar-refractivity contribution in [2.24, 2.45) is 0 Å². The number of Topliss-reactive ketones (excluding diaryl/α,β-unsaturated/α-hetero) is 1. The first kappa shape index (κ1) is 29.2. The van der Waals surface area contributed by atoms with Gasteiger partial charge in [-0.25, -0.2) is 27.2 Å². The number of aryl methyl sites for hydroxylation is 1. The fraction of sp³-hybridized carbons (Fsp3) is 0.333. The third-order valence-electron chi connectivity index (χ3n) is 6.30. The van der Waals surface area contributed by atoms with Crippen molar-refractivity contribution in [2.45, 2.75) is 55.5 Å². The molecule has 39 heavy (non-hydrogen) atoms. The lowest BCUT2D eigenvalue weighted by molar-refractivity contribution is -0.145. The van der Waals surface area contributed by atoms with Crippen molar-refractivity contribution in [3.8, 4) is 11.3 Å². The van der Waals surface area contributed by atoms with Crippen molar-refractivity contribution in [3.05, 3.63) is 70.1 Å². The van der Waals surface area contributed by atoms with Crippen molar-refractivity contribution >= 4 is 39.0 Å². The van der Waals surface area contributed by atoms with E-state index in [1.54, 1.807) is 0 Å². The van der Waals surface area contributed by atoms with Crippen LogP contribution in [0.4, 0.5) is 22.0 Å². The van der Waals surface area contributed by atoms with Gasteiger partial charge in [-0.2, -0.15) is 17.5 Å². The lowest BCUT2D eigenvalue weighted by Gasteiger charge is -2.27. The Balaban J connectivity index is 1.54. The van der Waals surface area contributed by atoms with E-state index < -0.39 is 51.9 Å². The van der Waals surface area contributed by atoms with Gasteiger partial charge in [0.15, 0.2) is 5.78 Å². The summed E-state index contributed by atoms with van der Waals surface area (Å²) in [6.07, 6.45) is -4.68. The molecule has 3 atom stereocenters. The summed E-state index contributed by atoms with van der Waals surface area (Å²) in [5.74, 6) is -2.78. The molecule has 0 N–H and O–H groups in total. The predicted molar refractivity (Wildman–Crippen MR) is 132 cm³/mol. The zero-order valence-corrected chi connectivity index (χ0v) is 22.3. The van der Waals surface area contributed by atoms with Crippen molar-refractivity contribution in [3.63, 3.8) is 0 Å². The fourth-order valence-electron chi connectivity index (χ4n) is 4.24. The number of hydrogen-bond donors (Lipinski definition) is 0. The molecule has 208 valence electrons. The molecule has 4 rings (SSSR count). The van der Waals surface area contributed by atoms with Gasteiger partial charge in [-0.3, -0.25) is 9.78 Å². The summed E-state index contributed by atoms with van der Waals surface area (Å²) in [5.41, 5.74) is 0.143. The number of benzene rings is 1. The second-order valence-electron chi connectivity index (χ2n) is 8.84. The second kappa shape index (κ2) is 11.0. The lowest BCUT2D eigenvalue weighted by atomic mass is 10.0. The normalized spacial score (nSPS) is 20.4. The van der Waals surface area contributed by atoms with Gasteiger partial charge in [0.2, 0.25) is 15.8 Å². The minimum Gasteiger partial charge on any atom is -0.298 e. The maximum absolute atomic E-state index is 14.7. The van der Waals surface area contributed by atoms with Crippen molar-refractivity contribution in [2.75, 3.05) is 0 Å². The smallest absolute Gasteiger partial charge is 0.298 e. The van der Waals surface area contributed by atoms with Crippen LogP contribution in [0.15, 0.2) is 47.8 Å². The average Bonchev–Trinajstić information content (AvgIpc) is 3.19. The minimum absolute atomic E-state index is 0.00465. The van der Waals surface area contributed by atoms with Gasteiger partial charge in [-0.15, -0.1) is 0 Å². The Labute approximate surface area is 230 Å². The van der Waals surface area contributed by atoms with Crippen LogP contribution in [0.25, 0.3) is 11.3 Å². The molecular weight excluding hydrogens is 590 g/mol. The molecule has 2 aromatic heterocycles. The van der Waals surface area contributed by atoms with Gasteiger partial charge in [0.1, 0.15) is 12.0 Å². The van der Waals surface area contributed by atoms with Crippen LogP contribution in [0.2, 0.25) is 10.0 Å². The number of alkyl halides is 4. The van der Waals surface area contributed by atoms with Gasteiger partial charge in [0.05, 0.1) is 38.9 Å². The molecule has 0 bridgehead atoms. The van der Waals surface area contributed by atoms with Crippen molar-refractivity contribution in [1.82, 2.24) is 19.3 Å². The molecule has 3 aromatic rings. The number of ketones is 1.